The number of pyridine rings is 1. The van der Waals surface area contributed by atoms with Crippen LogP contribution in [0, 0.1) is 12.8 Å². The van der Waals surface area contributed by atoms with Crippen LogP contribution in [0.4, 0.5) is 4.79 Å². The van der Waals surface area contributed by atoms with E-state index in [-0.39, 0.29) is 25.0 Å². The van der Waals surface area contributed by atoms with Crippen molar-refractivity contribution in [1.82, 2.24) is 20.9 Å². The summed E-state index contributed by atoms with van der Waals surface area (Å²) < 4.78 is 5.28. The molecule has 9 heteroatoms. The number of carbonyl (C=O) groups excluding carboxylic acids is 4. The van der Waals surface area contributed by atoms with Crippen molar-refractivity contribution < 1.29 is 23.9 Å². The molecular formula is C28H36N4O5. The predicted molar refractivity (Wildman–Crippen MR) is 139 cm³/mol. The van der Waals surface area contributed by atoms with Crippen LogP contribution in [0.2, 0.25) is 0 Å². The number of nitrogens with zero attached hydrogens (tertiary/aromatic N) is 1. The minimum absolute atomic E-state index is 0.0182. The van der Waals surface area contributed by atoms with Gasteiger partial charge in [0, 0.05) is 30.3 Å². The summed E-state index contributed by atoms with van der Waals surface area (Å²) in [5, 5.41) is 8.02. The molecule has 37 heavy (non-hydrogen) atoms. The monoisotopic (exact) mass is 508 g/mol. The molecule has 198 valence electrons. The van der Waals surface area contributed by atoms with E-state index in [1.165, 1.54) is 0 Å². The highest BCUT2D eigenvalue weighted by molar-refractivity contribution is 6.38. The Hall–Kier alpha value is -3.75. The largest absolute Gasteiger partial charge is 0.449 e. The van der Waals surface area contributed by atoms with Crippen LogP contribution in [0.5, 0.6) is 0 Å². The summed E-state index contributed by atoms with van der Waals surface area (Å²) in [6.07, 6.45) is 1.90. The molecule has 3 N–H and O–H groups in total. The topological polar surface area (TPSA) is 126 Å². The first-order chi connectivity index (χ1) is 17.7. The number of alkyl carbamates (subject to hydrolysis) is 1. The van der Waals surface area contributed by atoms with E-state index in [4.69, 9.17) is 4.74 Å². The number of benzene rings is 1. The van der Waals surface area contributed by atoms with Gasteiger partial charge in [-0.3, -0.25) is 19.4 Å². The van der Waals surface area contributed by atoms with Crippen molar-refractivity contribution in [3.63, 3.8) is 0 Å². The molecule has 0 spiro atoms. The lowest BCUT2D eigenvalue weighted by atomic mass is 9.99. The average Bonchev–Trinajstić information content (AvgIpc) is 3.67. The van der Waals surface area contributed by atoms with Crippen molar-refractivity contribution in [2.75, 3.05) is 6.61 Å². The van der Waals surface area contributed by atoms with E-state index in [0.29, 0.717) is 12.8 Å². The summed E-state index contributed by atoms with van der Waals surface area (Å²) in [5.41, 5.74) is 2.48. The van der Waals surface area contributed by atoms with Crippen LogP contribution in [0.3, 0.4) is 0 Å². The molecule has 1 saturated carbocycles. The predicted octanol–water partition coefficient (Wildman–Crippen LogP) is 2.65. The van der Waals surface area contributed by atoms with Crippen molar-refractivity contribution in [3.8, 4) is 0 Å². The first-order valence-electron chi connectivity index (χ1n) is 12.8. The number of hydrogen-bond acceptors (Lipinski definition) is 6. The van der Waals surface area contributed by atoms with Crippen LogP contribution in [-0.4, -0.2) is 53.4 Å². The first kappa shape index (κ1) is 27.8. The quantitative estimate of drug-likeness (QED) is 0.357. The van der Waals surface area contributed by atoms with Gasteiger partial charge in [0.05, 0.1) is 6.61 Å². The molecule has 9 nitrogen and oxygen atoms in total. The number of carbonyl (C=O) groups is 4. The molecule has 0 bridgehead atoms. The number of aryl methyl sites for hydroxylation is 1. The lowest BCUT2D eigenvalue weighted by Gasteiger charge is -2.23. The highest BCUT2D eigenvalue weighted by Crippen LogP contribution is 2.18. The number of rotatable bonds is 13. The van der Waals surface area contributed by atoms with Gasteiger partial charge < -0.3 is 20.7 Å². The molecular weight excluding hydrogens is 472 g/mol. The summed E-state index contributed by atoms with van der Waals surface area (Å²) in [4.78, 5) is 55.5. The smallest absolute Gasteiger partial charge is 0.407 e. The van der Waals surface area contributed by atoms with Crippen LogP contribution >= 0.6 is 0 Å². The molecule has 1 fully saturated rings. The third kappa shape index (κ3) is 9.67. The maximum Gasteiger partial charge on any atom is 0.407 e. The molecule has 2 aromatic rings. The minimum atomic E-state index is -1.06. The van der Waals surface area contributed by atoms with Gasteiger partial charge in [0.25, 0.3) is 5.91 Å². The van der Waals surface area contributed by atoms with Gasteiger partial charge in [-0.15, -0.1) is 0 Å². The van der Waals surface area contributed by atoms with E-state index < -0.39 is 35.8 Å². The lowest BCUT2D eigenvalue weighted by Crippen LogP contribution is -2.55. The van der Waals surface area contributed by atoms with Gasteiger partial charge in [-0.05, 0) is 49.8 Å². The minimum Gasteiger partial charge on any atom is -0.449 e. The standard InChI is InChI=1S/C28H36N4O5/c1-18(2)16-24(32-28(36)37-15-14-21-11-7-8-19(3)29-21)26(34)31-23(17-20-9-5-4-6-10-20)25(33)27(35)30-22-12-13-22/h4-11,18,22-24H,12-17H2,1-3H3,(H,30,35)(H,31,34)(H,32,36)/t23-,24-/m0/s1. The lowest BCUT2D eigenvalue weighted by molar-refractivity contribution is -0.140. The van der Waals surface area contributed by atoms with E-state index >= 15 is 0 Å². The van der Waals surface area contributed by atoms with Crippen molar-refractivity contribution >= 4 is 23.7 Å². The average molecular weight is 509 g/mol. The van der Waals surface area contributed by atoms with E-state index in [9.17, 15) is 19.2 Å². The SMILES string of the molecule is Cc1cccc(CCOC(=O)N[C@@H](CC(C)C)C(=O)N[C@@H](Cc2ccccc2)C(=O)C(=O)NC2CC2)n1. The van der Waals surface area contributed by atoms with Crippen LogP contribution in [0.1, 0.15) is 50.1 Å². The van der Waals surface area contributed by atoms with Crippen LogP contribution < -0.4 is 16.0 Å². The zero-order chi connectivity index (χ0) is 26.8. The van der Waals surface area contributed by atoms with Crippen molar-refractivity contribution in [2.24, 2.45) is 5.92 Å². The van der Waals surface area contributed by atoms with Gasteiger partial charge in [-0.25, -0.2) is 4.79 Å². The van der Waals surface area contributed by atoms with Gasteiger partial charge in [-0.1, -0.05) is 50.2 Å². The molecule has 0 radical (unpaired) electrons. The van der Waals surface area contributed by atoms with Crippen molar-refractivity contribution in [3.05, 3.63) is 65.5 Å². The number of ketones is 1. The summed E-state index contributed by atoms with van der Waals surface area (Å²) >= 11 is 0. The van der Waals surface area contributed by atoms with E-state index in [2.05, 4.69) is 20.9 Å². The molecule has 2 atom stereocenters. The molecule has 0 saturated heterocycles. The van der Waals surface area contributed by atoms with Crippen LogP contribution in [0.15, 0.2) is 48.5 Å². The Kier molecular flexibility index (Phi) is 10.2. The second-order valence-corrected chi connectivity index (χ2v) is 9.85. The molecule has 1 aromatic carbocycles. The zero-order valence-electron chi connectivity index (χ0n) is 21.7. The maximum atomic E-state index is 13.2. The molecule has 0 unspecified atom stereocenters. The molecule has 1 aliphatic carbocycles. The Morgan fingerprint density at radius 1 is 0.973 bits per heavy atom. The molecule has 3 amide bonds. The number of nitrogens with one attached hydrogen (secondary N) is 3. The Morgan fingerprint density at radius 3 is 2.35 bits per heavy atom. The van der Waals surface area contributed by atoms with Gasteiger partial charge in [0.15, 0.2) is 0 Å². The third-order valence-corrected chi connectivity index (χ3v) is 5.91. The van der Waals surface area contributed by atoms with Crippen molar-refractivity contribution in [1.29, 1.82) is 0 Å². The van der Waals surface area contributed by atoms with E-state index in [1.54, 1.807) is 0 Å². The highest BCUT2D eigenvalue weighted by Gasteiger charge is 2.33. The Morgan fingerprint density at radius 2 is 1.70 bits per heavy atom. The van der Waals surface area contributed by atoms with Gasteiger partial charge in [0.1, 0.15) is 12.1 Å². The fourth-order valence-electron chi connectivity index (χ4n) is 3.85. The Bertz CT molecular complexity index is 1080. The van der Waals surface area contributed by atoms with Crippen LogP contribution in [-0.2, 0) is 32.0 Å². The fraction of sp³-hybridized carbons (Fsp3) is 0.464. The number of amides is 3. The number of Topliss-reactive ketones (excluding diaryl/α,β-unsaturated/α-hetero) is 1. The normalized spacial score (nSPS) is 14.4. The number of aromatic nitrogens is 1. The van der Waals surface area contributed by atoms with E-state index in [0.717, 1.165) is 29.8 Å². The Labute approximate surface area is 217 Å². The van der Waals surface area contributed by atoms with Crippen LogP contribution in [0.25, 0.3) is 0 Å². The summed E-state index contributed by atoms with van der Waals surface area (Å²) in [6.45, 7) is 5.84. The number of hydrogen-bond donors (Lipinski definition) is 3. The third-order valence-electron chi connectivity index (χ3n) is 5.91. The highest BCUT2D eigenvalue weighted by atomic mass is 16.5. The maximum absolute atomic E-state index is 13.2. The molecule has 1 aliphatic rings. The van der Waals surface area contributed by atoms with Gasteiger partial charge in [-0.2, -0.15) is 0 Å². The van der Waals surface area contributed by atoms with Crippen molar-refractivity contribution in [2.45, 2.75) is 71.0 Å². The molecule has 1 heterocycles. The molecule has 1 aromatic heterocycles. The second-order valence-electron chi connectivity index (χ2n) is 9.85. The zero-order valence-corrected chi connectivity index (χ0v) is 21.7. The summed E-state index contributed by atoms with van der Waals surface area (Å²) in [6, 6.07) is 12.8. The van der Waals surface area contributed by atoms with Gasteiger partial charge >= 0.3 is 6.09 Å². The second kappa shape index (κ2) is 13.5. The first-order valence-corrected chi connectivity index (χ1v) is 12.8. The fourth-order valence-corrected chi connectivity index (χ4v) is 3.85. The number of ether oxygens (including phenoxy) is 1. The van der Waals surface area contributed by atoms with Gasteiger partial charge in [0.2, 0.25) is 11.7 Å². The summed E-state index contributed by atoms with van der Waals surface area (Å²) in [5.74, 6) is -1.88. The molecule has 3 rings (SSSR count). The molecule has 0 aliphatic heterocycles. The Balaban J connectivity index is 1.62. The summed E-state index contributed by atoms with van der Waals surface area (Å²) in [7, 11) is 0. The van der Waals surface area contributed by atoms with E-state index in [1.807, 2.05) is 69.3 Å².